The lowest BCUT2D eigenvalue weighted by Crippen LogP contribution is -2.62. The van der Waals surface area contributed by atoms with Crippen molar-refractivity contribution in [2.45, 2.75) is 49.9 Å². The Morgan fingerprint density at radius 3 is 2.61 bits per heavy atom. The molecule has 3 rings (SSSR count). The van der Waals surface area contributed by atoms with E-state index < -0.39 is 43.2 Å². The molecule has 3 heterocycles. The van der Waals surface area contributed by atoms with Gasteiger partial charge in [0.1, 0.15) is 18.3 Å². The molecule has 0 aromatic carbocycles. The molecule has 156 valence electrons. The van der Waals surface area contributed by atoms with E-state index in [-0.39, 0.29) is 5.92 Å². The lowest BCUT2D eigenvalue weighted by Gasteiger charge is -2.36. The van der Waals surface area contributed by atoms with Gasteiger partial charge in [0.2, 0.25) is 0 Å². The van der Waals surface area contributed by atoms with Gasteiger partial charge >= 0.3 is 0 Å². The Bertz CT molecular complexity index is 670. The second-order valence-electron chi connectivity index (χ2n) is 6.78. The lowest BCUT2D eigenvalue weighted by atomic mass is 9.97. The van der Waals surface area contributed by atoms with Crippen molar-refractivity contribution in [3.8, 4) is 0 Å². The summed E-state index contributed by atoms with van der Waals surface area (Å²) in [4.78, 5) is 19.5. The molecule has 0 amide bonds. The number of rotatable bonds is 4. The number of carbonyl (C=O) groups excluding carboxylic acids is 1. The van der Waals surface area contributed by atoms with E-state index in [9.17, 15) is 25.3 Å². The highest BCUT2D eigenvalue weighted by atomic mass is 16.6. The number of ether oxygens (including phenoxy) is 1. The molecule has 0 radical (unpaired) electrons. The van der Waals surface area contributed by atoms with E-state index in [0.717, 1.165) is 18.9 Å². The van der Waals surface area contributed by atoms with Gasteiger partial charge in [-0.05, 0) is 19.4 Å². The zero-order valence-electron chi connectivity index (χ0n) is 15.4. The second kappa shape index (κ2) is 9.85. The number of aliphatic hydroxyl groups is 4. The Kier molecular flexibility index (Phi) is 7.78. The summed E-state index contributed by atoms with van der Waals surface area (Å²) in [6.07, 6.45) is -1.75. The Morgan fingerprint density at radius 2 is 2.04 bits per heavy atom. The van der Waals surface area contributed by atoms with E-state index >= 15 is 0 Å². The average molecular weight is 399 g/mol. The highest BCUT2D eigenvalue weighted by Crippen LogP contribution is 2.28. The molecule has 2 aliphatic heterocycles. The Balaban J connectivity index is 0.000000640. The van der Waals surface area contributed by atoms with Crippen LogP contribution in [0.1, 0.15) is 31.1 Å². The number of nitrogens with zero attached hydrogens (tertiary/aromatic N) is 3. The number of carbonyl (C=O) groups is 1. The van der Waals surface area contributed by atoms with E-state index in [4.69, 9.17) is 14.6 Å². The van der Waals surface area contributed by atoms with Gasteiger partial charge in [-0.25, -0.2) is 0 Å². The van der Waals surface area contributed by atoms with Gasteiger partial charge in [0.25, 0.3) is 6.23 Å². The quantitative estimate of drug-likeness (QED) is 0.308. The fourth-order valence-corrected chi connectivity index (χ4v) is 3.33. The van der Waals surface area contributed by atoms with Crippen molar-refractivity contribution in [2.24, 2.45) is 5.29 Å². The maximum absolute atomic E-state index is 10.6. The SMILES string of the molecule is CC(=O)[O-].O=NN1CCC(c2ccc[n+]([C@@H]3OC(CO)[C@@H](O)[C@H](O)[C@@H]3O)c2)C1. The molecule has 0 aliphatic carbocycles. The molecule has 0 bridgehead atoms. The summed E-state index contributed by atoms with van der Waals surface area (Å²) in [5, 5.41) is 52.6. The highest BCUT2D eigenvalue weighted by molar-refractivity contribution is 5.60. The molecule has 6 atom stereocenters. The minimum atomic E-state index is -1.42. The number of hydrogen-bond donors (Lipinski definition) is 4. The molecule has 0 spiro atoms. The third-order valence-corrected chi connectivity index (χ3v) is 4.76. The number of carboxylic acids is 1. The van der Waals surface area contributed by atoms with Crippen molar-refractivity contribution in [3.05, 3.63) is 35.0 Å². The number of aliphatic carboxylic acids is 1. The van der Waals surface area contributed by atoms with Crippen LogP contribution in [0.5, 0.6) is 0 Å². The zero-order chi connectivity index (χ0) is 20.8. The molecule has 0 saturated carbocycles. The summed E-state index contributed by atoms with van der Waals surface area (Å²) in [5.74, 6) is -0.944. The standard InChI is InChI=1S/C15H22N3O6.C2H4O2/c19-8-11-12(20)13(21)14(22)15(24-11)17-4-1-2-9(6-17)10-3-5-18(7-10)16-23;1-2(3)4/h1-2,4,6,10-15,19-22H,3,5,7-8H2;1H3,(H,3,4)/q+1;/p-1/t10?,11?,12-,13+,14+,15-;/m1./s1. The summed E-state index contributed by atoms with van der Waals surface area (Å²) in [5.41, 5.74) is 0.959. The first kappa shape index (κ1) is 22.1. The first-order valence-electron chi connectivity index (χ1n) is 8.85. The molecule has 11 heteroatoms. The van der Waals surface area contributed by atoms with Gasteiger partial charge in [-0.15, -0.1) is 4.91 Å². The van der Waals surface area contributed by atoms with Crippen molar-refractivity contribution < 1.29 is 39.6 Å². The monoisotopic (exact) mass is 399 g/mol. The van der Waals surface area contributed by atoms with Crippen LogP contribution in [0, 0.1) is 4.91 Å². The largest absolute Gasteiger partial charge is 0.550 e. The van der Waals surface area contributed by atoms with Crippen LogP contribution < -0.4 is 9.67 Å². The van der Waals surface area contributed by atoms with Crippen LogP contribution in [-0.4, -0.2) is 75.5 Å². The molecule has 4 N–H and O–H groups in total. The third-order valence-electron chi connectivity index (χ3n) is 4.76. The van der Waals surface area contributed by atoms with Crippen LogP contribution in [0.4, 0.5) is 0 Å². The van der Waals surface area contributed by atoms with Gasteiger partial charge in [0, 0.05) is 36.6 Å². The number of pyridine rings is 1. The first-order valence-corrected chi connectivity index (χ1v) is 8.85. The predicted molar refractivity (Wildman–Crippen MR) is 91.1 cm³/mol. The maximum Gasteiger partial charge on any atom is 0.292 e. The van der Waals surface area contributed by atoms with Crippen molar-refractivity contribution in [3.63, 3.8) is 0 Å². The molecule has 2 fully saturated rings. The van der Waals surface area contributed by atoms with Gasteiger partial charge in [-0.1, -0.05) is 0 Å². The molecule has 11 nitrogen and oxygen atoms in total. The summed E-state index contributed by atoms with van der Waals surface area (Å²) in [6, 6.07) is 3.70. The molecule has 2 unspecified atom stereocenters. The lowest BCUT2D eigenvalue weighted by molar-refractivity contribution is -0.778. The smallest absolute Gasteiger partial charge is 0.292 e. The molecule has 2 saturated heterocycles. The van der Waals surface area contributed by atoms with Crippen molar-refractivity contribution >= 4 is 5.97 Å². The van der Waals surface area contributed by atoms with Gasteiger partial charge in [-0.2, -0.15) is 4.57 Å². The summed E-state index contributed by atoms with van der Waals surface area (Å²) in [7, 11) is 0. The first-order chi connectivity index (χ1) is 13.3. The molecular weight excluding hydrogens is 374 g/mol. The van der Waals surface area contributed by atoms with Crippen LogP contribution in [0.25, 0.3) is 0 Å². The fourth-order valence-electron chi connectivity index (χ4n) is 3.33. The predicted octanol–water partition coefficient (Wildman–Crippen LogP) is -2.83. The minimum Gasteiger partial charge on any atom is -0.550 e. The Hall–Kier alpha value is -2.18. The molecular formula is C17H25N3O8. The third kappa shape index (κ3) is 5.20. The summed E-state index contributed by atoms with van der Waals surface area (Å²) < 4.78 is 7.16. The normalized spacial score (nSPS) is 32.4. The van der Waals surface area contributed by atoms with E-state index in [1.807, 2.05) is 6.07 Å². The summed E-state index contributed by atoms with van der Waals surface area (Å²) >= 11 is 0. The van der Waals surface area contributed by atoms with Crippen molar-refractivity contribution in [1.82, 2.24) is 5.01 Å². The molecule has 2 aliphatic rings. The van der Waals surface area contributed by atoms with Gasteiger partial charge in [-0.3, -0.25) is 5.01 Å². The minimum absolute atomic E-state index is 0.139. The van der Waals surface area contributed by atoms with Crippen LogP contribution in [0.3, 0.4) is 0 Å². The molecule has 1 aromatic rings. The van der Waals surface area contributed by atoms with Crippen LogP contribution >= 0.6 is 0 Å². The van der Waals surface area contributed by atoms with Crippen LogP contribution in [0.2, 0.25) is 0 Å². The van der Waals surface area contributed by atoms with Gasteiger partial charge in [0.15, 0.2) is 18.5 Å². The summed E-state index contributed by atoms with van der Waals surface area (Å²) in [6.45, 7) is 1.63. The van der Waals surface area contributed by atoms with Crippen LogP contribution in [-0.2, 0) is 9.53 Å². The van der Waals surface area contributed by atoms with E-state index in [2.05, 4.69) is 5.29 Å². The van der Waals surface area contributed by atoms with Gasteiger partial charge < -0.3 is 35.1 Å². The zero-order valence-corrected chi connectivity index (χ0v) is 15.4. The number of aromatic nitrogens is 1. The van der Waals surface area contributed by atoms with E-state index in [1.54, 1.807) is 23.0 Å². The van der Waals surface area contributed by atoms with Crippen LogP contribution in [0.15, 0.2) is 29.8 Å². The number of aliphatic hydroxyl groups excluding tert-OH is 4. The topological polar surface area (TPSA) is 167 Å². The molecule has 28 heavy (non-hydrogen) atoms. The highest BCUT2D eigenvalue weighted by Gasteiger charge is 2.48. The van der Waals surface area contributed by atoms with E-state index in [1.165, 1.54) is 5.01 Å². The second-order valence-corrected chi connectivity index (χ2v) is 6.78. The number of hydrogen-bond acceptors (Lipinski definition) is 9. The number of carboxylic acid groups (broad SMARTS) is 1. The van der Waals surface area contributed by atoms with Gasteiger partial charge in [0.05, 0.1) is 11.9 Å². The van der Waals surface area contributed by atoms with E-state index in [0.29, 0.717) is 13.1 Å². The number of nitroso groups, excluding NO2 is 1. The Labute approximate surface area is 161 Å². The fraction of sp³-hybridized carbons (Fsp3) is 0.647. The Morgan fingerprint density at radius 1 is 1.36 bits per heavy atom. The average Bonchev–Trinajstić information content (AvgIpc) is 3.15. The van der Waals surface area contributed by atoms with Crippen molar-refractivity contribution in [1.29, 1.82) is 0 Å². The maximum atomic E-state index is 10.6. The molecule has 1 aromatic heterocycles. The van der Waals surface area contributed by atoms with Crippen molar-refractivity contribution in [2.75, 3.05) is 19.7 Å².